The summed E-state index contributed by atoms with van der Waals surface area (Å²) >= 11 is -1.16. The molecule has 5 rings (SSSR count). The molecule has 160 valence electrons. The molecule has 0 spiro atoms. The summed E-state index contributed by atoms with van der Waals surface area (Å²) in [5, 5.41) is 13.2. The Hall–Kier alpha value is -2.17. The van der Waals surface area contributed by atoms with Crippen molar-refractivity contribution in [2.24, 2.45) is 0 Å². The summed E-state index contributed by atoms with van der Waals surface area (Å²) in [6.45, 7) is -1.84. The van der Waals surface area contributed by atoms with Crippen LogP contribution in [0.4, 0.5) is 20.5 Å². The molecule has 1 aromatic carbocycles. The number of hydrogen-bond acceptors (Lipinski definition) is 7. The molecular formula is C20H22F2N4O3S. The molecule has 2 aliphatic heterocycles. The second kappa shape index (κ2) is 7.51. The van der Waals surface area contributed by atoms with Crippen molar-refractivity contribution in [3.63, 3.8) is 0 Å². The van der Waals surface area contributed by atoms with Crippen LogP contribution < -0.4 is 15.0 Å². The van der Waals surface area contributed by atoms with E-state index in [4.69, 9.17) is 4.98 Å². The summed E-state index contributed by atoms with van der Waals surface area (Å²) in [6, 6.07) is 4.94. The molecule has 2 aromatic rings. The Bertz CT molecular complexity index is 968. The van der Waals surface area contributed by atoms with Gasteiger partial charge in [-0.3, -0.25) is 0 Å². The SMILES string of the molecule is [O-][S@+]1CCc2nc(N3Cc4ccc(OC(F)F)cc4C3)nc(NC3(CO)CCC3)c21. The fourth-order valence-corrected chi connectivity index (χ4v) is 5.58. The predicted molar refractivity (Wildman–Crippen MR) is 107 cm³/mol. The molecular weight excluding hydrogens is 414 g/mol. The fourth-order valence-electron chi connectivity index (χ4n) is 4.28. The Morgan fingerprint density at radius 2 is 2.07 bits per heavy atom. The molecule has 2 N–H and O–H groups in total. The third-order valence-corrected chi connectivity index (χ3v) is 7.54. The van der Waals surface area contributed by atoms with Crippen molar-refractivity contribution < 1.29 is 23.2 Å². The molecule has 0 amide bonds. The van der Waals surface area contributed by atoms with Crippen molar-refractivity contribution in [2.45, 2.75) is 55.8 Å². The van der Waals surface area contributed by atoms with Gasteiger partial charge in [0.1, 0.15) is 17.2 Å². The molecule has 10 heteroatoms. The summed E-state index contributed by atoms with van der Waals surface area (Å²) in [7, 11) is 0. The van der Waals surface area contributed by atoms with E-state index in [1.54, 1.807) is 12.1 Å². The fraction of sp³-hybridized carbons (Fsp3) is 0.500. The van der Waals surface area contributed by atoms with Crippen LogP contribution in [0.2, 0.25) is 0 Å². The van der Waals surface area contributed by atoms with Crippen LogP contribution in [0.15, 0.2) is 23.1 Å². The van der Waals surface area contributed by atoms with Crippen LogP contribution >= 0.6 is 0 Å². The van der Waals surface area contributed by atoms with Gasteiger partial charge in [0.05, 0.1) is 12.1 Å². The van der Waals surface area contributed by atoms with Crippen LogP contribution in [-0.4, -0.2) is 44.1 Å². The molecule has 3 heterocycles. The van der Waals surface area contributed by atoms with E-state index < -0.39 is 23.3 Å². The zero-order valence-corrected chi connectivity index (χ0v) is 17.1. The van der Waals surface area contributed by atoms with Crippen LogP contribution in [0.1, 0.15) is 36.1 Å². The zero-order chi connectivity index (χ0) is 20.9. The lowest BCUT2D eigenvalue weighted by Gasteiger charge is -2.41. The normalized spacial score (nSPS) is 21.4. The lowest BCUT2D eigenvalue weighted by Crippen LogP contribution is -2.48. The highest BCUT2D eigenvalue weighted by Crippen LogP contribution is 2.40. The zero-order valence-electron chi connectivity index (χ0n) is 16.2. The van der Waals surface area contributed by atoms with Crippen LogP contribution in [0.3, 0.4) is 0 Å². The lowest BCUT2D eigenvalue weighted by molar-refractivity contribution is -0.0498. The molecule has 0 saturated heterocycles. The number of halogens is 2. The Balaban J connectivity index is 1.44. The number of rotatable bonds is 6. The second-order valence-electron chi connectivity index (χ2n) is 8.03. The third-order valence-electron chi connectivity index (χ3n) is 6.08. The molecule has 30 heavy (non-hydrogen) atoms. The maximum Gasteiger partial charge on any atom is 0.387 e. The highest BCUT2D eigenvalue weighted by molar-refractivity contribution is 7.91. The monoisotopic (exact) mass is 436 g/mol. The molecule has 0 bridgehead atoms. The smallest absolute Gasteiger partial charge is 0.387 e. The first-order valence-corrected chi connectivity index (χ1v) is 11.3. The van der Waals surface area contributed by atoms with E-state index in [-0.39, 0.29) is 12.4 Å². The van der Waals surface area contributed by atoms with Crippen molar-refractivity contribution in [1.82, 2.24) is 9.97 Å². The van der Waals surface area contributed by atoms with E-state index >= 15 is 0 Å². The second-order valence-corrected chi connectivity index (χ2v) is 9.54. The first kappa shape index (κ1) is 19.8. The van der Waals surface area contributed by atoms with Gasteiger partial charge in [-0.25, -0.2) is 4.98 Å². The van der Waals surface area contributed by atoms with Gasteiger partial charge in [0.2, 0.25) is 10.8 Å². The largest absolute Gasteiger partial charge is 0.611 e. The minimum atomic E-state index is -2.86. The van der Waals surface area contributed by atoms with Gasteiger partial charge in [0.25, 0.3) is 0 Å². The Morgan fingerprint density at radius 1 is 1.27 bits per heavy atom. The number of benzene rings is 1. The maximum atomic E-state index is 12.5. The van der Waals surface area contributed by atoms with E-state index in [2.05, 4.69) is 15.0 Å². The number of aliphatic hydroxyl groups excluding tert-OH is 1. The summed E-state index contributed by atoms with van der Waals surface area (Å²) < 4.78 is 42.1. The summed E-state index contributed by atoms with van der Waals surface area (Å²) in [5.74, 6) is 1.70. The van der Waals surface area contributed by atoms with Gasteiger partial charge in [-0.2, -0.15) is 13.8 Å². The van der Waals surface area contributed by atoms with Crippen molar-refractivity contribution in [1.29, 1.82) is 0 Å². The van der Waals surface area contributed by atoms with Crippen molar-refractivity contribution in [3.8, 4) is 5.75 Å². The molecule has 1 aliphatic carbocycles. The minimum absolute atomic E-state index is 0.00415. The number of fused-ring (bicyclic) bond motifs is 2. The number of hydrogen-bond donors (Lipinski definition) is 2. The summed E-state index contributed by atoms with van der Waals surface area (Å²) in [4.78, 5) is 12.0. The highest BCUT2D eigenvalue weighted by atomic mass is 32.2. The first-order chi connectivity index (χ1) is 14.5. The Morgan fingerprint density at radius 3 is 2.77 bits per heavy atom. The van der Waals surface area contributed by atoms with Crippen molar-refractivity contribution in [3.05, 3.63) is 35.0 Å². The molecule has 0 unspecified atom stereocenters. The number of ether oxygens (including phenoxy) is 1. The topological polar surface area (TPSA) is 93.6 Å². The summed E-state index contributed by atoms with van der Waals surface area (Å²) in [5.41, 5.74) is 2.25. The van der Waals surface area contributed by atoms with E-state index in [1.807, 2.05) is 4.90 Å². The van der Waals surface area contributed by atoms with E-state index in [9.17, 15) is 18.4 Å². The van der Waals surface area contributed by atoms with Gasteiger partial charge in [-0.1, -0.05) is 6.07 Å². The average molecular weight is 436 g/mol. The van der Waals surface area contributed by atoms with Crippen LogP contribution in [0, 0.1) is 0 Å². The quantitative estimate of drug-likeness (QED) is 0.673. The highest BCUT2D eigenvalue weighted by Gasteiger charge is 2.41. The van der Waals surface area contributed by atoms with Gasteiger partial charge < -0.3 is 24.6 Å². The molecule has 1 aromatic heterocycles. The van der Waals surface area contributed by atoms with E-state index in [0.717, 1.165) is 36.1 Å². The third kappa shape index (κ3) is 3.46. The predicted octanol–water partition coefficient (Wildman–Crippen LogP) is 2.59. The average Bonchev–Trinajstić information content (AvgIpc) is 3.27. The minimum Gasteiger partial charge on any atom is -0.611 e. The van der Waals surface area contributed by atoms with Gasteiger partial charge in [0.15, 0.2) is 5.82 Å². The number of alkyl halides is 2. The molecule has 0 radical (unpaired) electrons. The van der Waals surface area contributed by atoms with Crippen molar-refractivity contribution in [2.75, 3.05) is 22.6 Å². The van der Waals surface area contributed by atoms with Gasteiger partial charge in [-0.15, -0.1) is 0 Å². The van der Waals surface area contributed by atoms with E-state index in [1.165, 1.54) is 6.07 Å². The number of nitrogens with one attached hydrogen (secondary N) is 1. The molecule has 7 nitrogen and oxygen atoms in total. The number of aliphatic hydroxyl groups is 1. The first-order valence-electron chi connectivity index (χ1n) is 9.96. The van der Waals surface area contributed by atoms with Crippen LogP contribution in [0.5, 0.6) is 5.75 Å². The molecule has 3 aliphatic rings. The number of nitrogens with zero attached hydrogens (tertiary/aromatic N) is 3. The molecule has 1 fully saturated rings. The van der Waals surface area contributed by atoms with Gasteiger partial charge in [-0.05, 0) is 53.7 Å². The lowest BCUT2D eigenvalue weighted by atomic mass is 9.77. The summed E-state index contributed by atoms with van der Waals surface area (Å²) in [6.07, 6.45) is 3.32. The Kier molecular flexibility index (Phi) is 4.95. The number of aromatic nitrogens is 2. The molecule has 1 saturated carbocycles. The standard InChI is InChI=1S/C20H22F2N4O3S/c21-18(22)29-14-3-2-12-9-26(10-13(12)8-14)19-23-15-4-7-30(28)16(15)17(24-19)25-20(11-27)5-1-6-20/h2-3,8,18,27H,1,4-7,9-11H2,(H,23,24,25)/t30-/m1/s1. The van der Waals surface area contributed by atoms with Gasteiger partial charge >= 0.3 is 6.61 Å². The van der Waals surface area contributed by atoms with Crippen LogP contribution in [-0.2, 0) is 30.7 Å². The maximum absolute atomic E-state index is 12.5. The van der Waals surface area contributed by atoms with Crippen molar-refractivity contribution >= 4 is 22.9 Å². The molecule has 1 atom stereocenters. The van der Waals surface area contributed by atoms with E-state index in [0.29, 0.717) is 41.9 Å². The van der Waals surface area contributed by atoms with Gasteiger partial charge in [0, 0.05) is 19.5 Å². The Labute approximate surface area is 175 Å². The van der Waals surface area contributed by atoms with Crippen LogP contribution in [0.25, 0.3) is 0 Å². The number of anilines is 2. The number of aryl methyl sites for hydroxylation is 1.